The van der Waals surface area contributed by atoms with E-state index in [0.717, 1.165) is 11.1 Å². The molecule has 0 unspecified atom stereocenters. The van der Waals surface area contributed by atoms with Crippen LogP contribution in [0.4, 0.5) is 5.95 Å². The van der Waals surface area contributed by atoms with E-state index in [-0.39, 0.29) is 10.8 Å². The summed E-state index contributed by atoms with van der Waals surface area (Å²) in [4.78, 5) is 26.1. The molecule has 0 radical (unpaired) electrons. The van der Waals surface area contributed by atoms with Crippen molar-refractivity contribution in [1.82, 2.24) is 20.3 Å². The average Bonchev–Trinajstić information content (AvgIpc) is 3.63. The Morgan fingerprint density at radius 2 is 1.74 bits per heavy atom. The number of benzene rings is 2. The Hall–Kier alpha value is -4.13. The van der Waals surface area contributed by atoms with Crippen molar-refractivity contribution in [3.05, 3.63) is 71.8 Å². The molecule has 0 aliphatic heterocycles. The van der Waals surface area contributed by atoms with Gasteiger partial charge < -0.3 is 20.5 Å². The van der Waals surface area contributed by atoms with Crippen LogP contribution in [0.5, 0.6) is 5.88 Å². The molecular formula is C26H26N6O5S. The monoisotopic (exact) mass is 534 g/mol. The van der Waals surface area contributed by atoms with Gasteiger partial charge in [-0.1, -0.05) is 24.3 Å². The number of aromatic nitrogens is 3. The highest BCUT2D eigenvalue weighted by Crippen LogP contribution is 2.32. The van der Waals surface area contributed by atoms with E-state index in [1.54, 1.807) is 36.4 Å². The van der Waals surface area contributed by atoms with Crippen LogP contribution in [-0.4, -0.2) is 46.7 Å². The van der Waals surface area contributed by atoms with Crippen LogP contribution in [0, 0.1) is 0 Å². The van der Waals surface area contributed by atoms with E-state index in [9.17, 15) is 18.3 Å². The van der Waals surface area contributed by atoms with E-state index in [1.165, 1.54) is 12.1 Å². The smallest absolute Gasteiger partial charge is 0.253 e. The van der Waals surface area contributed by atoms with Gasteiger partial charge in [0.05, 0.1) is 22.7 Å². The second-order valence-electron chi connectivity index (χ2n) is 8.96. The molecule has 1 fully saturated rings. The maximum atomic E-state index is 12.3. The Labute approximate surface area is 219 Å². The summed E-state index contributed by atoms with van der Waals surface area (Å²) in [6, 6.07) is 16.8. The number of primary sulfonamides is 1. The molecule has 2 heterocycles. The number of hydrogen-bond donors (Lipinski definition) is 4. The van der Waals surface area contributed by atoms with E-state index >= 15 is 0 Å². The molecule has 0 spiro atoms. The van der Waals surface area contributed by atoms with Crippen LogP contribution in [0.3, 0.4) is 0 Å². The number of carbonyl (C=O) groups excluding carboxylic acids is 1. The number of ether oxygens (including phenoxy) is 1. The molecule has 5 N–H and O–H groups in total. The zero-order chi connectivity index (χ0) is 26.9. The van der Waals surface area contributed by atoms with Crippen LogP contribution in [0.25, 0.3) is 22.3 Å². The number of nitrogens with one attached hydrogen (secondary N) is 2. The highest BCUT2D eigenvalue weighted by molar-refractivity contribution is 7.89. The molecule has 2 aromatic carbocycles. The molecule has 1 aliphatic carbocycles. The highest BCUT2D eigenvalue weighted by atomic mass is 32.2. The summed E-state index contributed by atoms with van der Waals surface area (Å²) in [6.07, 6.45) is 1.13. The maximum Gasteiger partial charge on any atom is 0.253 e. The summed E-state index contributed by atoms with van der Waals surface area (Å²) >= 11 is 0. The van der Waals surface area contributed by atoms with Crippen molar-refractivity contribution in [3.63, 3.8) is 0 Å². The minimum absolute atomic E-state index is 0.0402. The number of rotatable bonds is 9. The lowest BCUT2D eigenvalue weighted by Gasteiger charge is -2.12. The molecule has 11 nitrogen and oxygen atoms in total. The van der Waals surface area contributed by atoms with Gasteiger partial charge in [0, 0.05) is 17.7 Å². The average molecular weight is 535 g/mol. The zero-order valence-electron chi connectivity index (χ0n) is 20.5. The quantitative estimate of drug-likeness (QED) is 0.236. The number of hydrogen-bond acceptors (Lipinski definition) is 9. The Morgan fingerprint density at radius 1 is 1.03 bits per heavy atom. The van der Waals surface area contributed by atoms with Crippen molar-refractivity contribution in [2.24, 2.45) is 5.14 Å². The minimum atomic E-state index is -3.75. The lowest BCUT2D eigenvalue weighted by atomic mass is 10.1. The molecule has 1 amide bonds. The number of sulfonamides is 1. The van der Waals surface area contributed by atoms with Crippen LogP contribution < -0.4 is 20.5 Å². The van der Waals surface area contributed by atoms with Crippen LogP contribution in [-0.2, 0) is 16.6 Å². The second-order valence-corrected chi connectivity index (χ2v) is 10.5. The van der Waals surface area contributed by atoms with E-state index in [0.29, 0.717) is 60.1 Å². The molecule has 4 aromatic rings. The van der Waals surface area contributed by atoms with Crippen molar-refractivity contribution in [2.45, 2.75) is 36.9 Å². The summed E-state index contributed by atoms with van der Waals surface area (Å²) < 4.78 is 28.6. The van der Waals surface area contributed by atoms with Gasteiger partial charge in [0.15, 0.2) is 5.52 Å². The minimum Gasteiger partial charge on any atom is -0.476 e. The third-order valence-electron chi connectivity index (χ3n) is 6.01. The molecule has 1 aliphatic rings. The van der Waals surface area contributed by atoms with Gasteiger partial charge in [0.2, 0.25) is 21.9 Å². The van der Waals surface area contributed by atoms with Crippen molar-refractivity contribution in [3.8, 4) is 17.1 Å². The number of amides is 1. The van der Waals surface area contributed by atoms with Gasteiger partial charge in [-0.3, -0.25) is 4.79 Å². The number of aliphatic hydroxyl groups is 1. The Morgan fingerprint density at radius 3 is 2.37 bits per heavy atom. The molecule has 38 heavy (non-hydrogen) atoms. The number of carbonyl (C=O) groups is 1. The topological polar surface area (TPSA) is 169 Å². The number of nitrogens with two attached hydrogens (primary N) is 1. The highest BCUT2D eigenvalue weighted by Gasteiger charge is 2.41. The van der Waals surface area contributed by atoms with Crippen LogP contribution in [0.1, 0.15) is 35.7 Å². The van der Waals surface area contributed by atoms with Crippen molar-refractivity contribution >= 4 is 32.9 Å². The van der Waals surface area contributed by atoms with Crippen molar-refractivity contribution in [2.75, 3.05) is 11.9 Å². The molecular weight excluding hydrogens is 508 g/mol. The summed E-state index contributed by atoms with van der Waals surface area (Å²) in [5.74, 6) is 0.328. The lowest BCUT2D eigenvalue weighted by molar-refractivity contribution is 0.0715. The number of fused-ring (bicyclic) bond motifs is 1. The Kier molecular flexibility index (Phi) is 6.69. The van der Waals surface area contributed by atoms with Crippen molar-refractivity contribution in [1.29, 1.82) is 0 Å². The SMILES string of the molecule is CCOc1nc(NCc2ccc(S(N)(=O)=O)cc2)nc2ccc(-c3ccc(C(=O)NC4(O)CC4)cc3)nc12. The first-order valence-corrected chi connectivity index (χ1v) is 13.5. The standard InChI is InChI=1S/C26H26N6O5S/c1-2-37-24-22-21(30-25(31-24)28-15-16-3-9-19(10-4-16)38(27,35)36)12-11-20(29-22)17-5-7-18(8-6-17)23(33)32-26(34)13-14-26/h3-12,34H,2,13-15H2,1H3,(H,32,33)(H2,27,35,36)(H,28,30,31). The molecule has 0 atom stereocenters. The van der Waals surface area contributed by atoms with E-state index in [4.69, 9.17) is 14.9 Å². The summed E-state index contributed by atoms with van der Waals surface area (Å²) in [5.41, 5.74) is 2.71. The number of nitrogens with zero attached hydrogens (tertiary/aromatic N) is 3. The zero-order valence-corrected chi connectivity index (χ0v) is 21.3. The van der Waals surface area contributed by atoms with Gasteiger partial charge >= 0.3 is 0 Å². The van der Waals surface area contributed by atoms with Gasteiger partial charge in [-0.25, -0.2) is 23.5 Å². The first-order valence-electron chi connectivity index (χ1n) is 12.0. The first-order chi connectivity index (χ1) is 18.1. The fraction of sp³-hybridized carbons (Fsp3) is 0.231. The molecule has 196 valence electrons. The van der Waals surface area contributed by atoms with E-state index < -0.39 is 15.7 Å². The molecule has 0 bridgehead atoms. The lowest BCUT2D eigenvalue weighted by Crippen LogP contribution is -2.36. The summed E-state index contributed by atoms with van der Waals surface area (Å²) in [6.45, 7) is 2.58. The predicted octanol–water partition coefficient (Wildman–Crippen LogP) is 2.56. The predicted molar refractivity (Wildman–Crippen MR) is 141 cm³/mol. The van der Waals surface area contributed by atoms with Crippen LogP contribution in [0.2, 0.25) is 0 Å². The third kappa shape index (κ3) is 5.72. The molecule has 1 saturated carbocycles. The second kappa shape index (κ2) is 9.97. The van der Waals surface area contributed by atoms with E-state index in [2.05, 4.69) is 20.6 Å². The molecule has 0 saturated heterocycles. The van der Waals surface area contributed by atoms with Crippen molar-refractivity contribution < 1.29 is 23.1 Å². The Balaban J connectivity index is 1.36. The van der Waals surface area contributed by atoms with Gasteiger partial charge in [-0.05, 0) is 61.7 Å². The largest absolute Gasteiger partial charge is 0.476 e. The van der Waals surface area contributed by atoms with Gasteiger partial charge in [0.1, 0.15) is 5.72 Å². The summed E-state index contributed by atoms with van der Waals surface area (Å²) in [7, 11) is -3.75. The van der Waals surface area contributed by atoms with E-state index in [1.807, 2.05) is 19.1 Å². The van der Waals surface area contributed by atoms with Crippen LogP contribution in [0.15, 0.2) is 65.6 Å². The van der Waals surface area contributed by atoms with Gasteiger partial charge in [-0.2, -0.15) is 4.98 Å². The third-order valence-corrected chi connectivity index (χ3v) is 6.94. The molecule has 12 heteroatoms. The maximum absolute atomic E-state index is 12.3. The molecule has 5 rings (SSSR count). The number of pyridine rings is 1. The summed E-state index contributed by atoms with van der Waals surface area (Å²) in [5, 5.41) is 20.8. The van der Waals surface area contributed by atoms with Crippen LogP contribution >= 0.6 is 0 Å². The number of anilines is 1. The first kappa shape index (κ1) is 25.5. The fourth-order valence-corrected chi connectivity index (χ4v) is 4.28. The fourth-order valence-electron chi connectivity index (χ4n) is 3.76. The van der Waals surface area contributed by atoms with Gasteiger partial charge in [-0.15, -0.1) is 0 Å². The molecule has 2 aromatic heterocycles. The normalized spacial score (nSPS) is 14.2. The van der Waals surface area contributed by atoms with Gasteiger partial charge in [0.25, 0.3) is 5.91 Å². The Bertz CT molecular complexity index is 1600.